The predicted octanol–water partition coefficient (Wildman–Crippen LogP) is 1.79. The molecule has 19 heavy (non-hydrogen) atoms. The van der Waals surface area contributed by atoms with E-state index in [9.17, 15) is 4.79 Å². The molecule has 1 saturated heterocycles. The molecule has 2 fully saturated rings. The molecular formula is C15H28N2O2. The molecule has 0 bridgehead atoms. The first-order valence-corrected chi connectivity index (χ1v) is 7.67. The van der Waals surface area contributed by atoms with E-state index in [1.54, 1.807) is 7.11 Å². The molecule has 1 N–H and O–H groups in total. The number of carbonyl (C=O) groups excluding carboxylic acids is 1. The summed E-state index contributed by atoms with van der Waals surface area (Å²) >= 11 is 0. The van der Waals surface area contributed by atoms with Gasteiger partial charge in [0.1, 0.15) is 5.60 Å². The predicted molar refractivity (Wildman–Crippen MR) is 76.0 cm³/mol. The maximum Gasteiger partial charge on any atom is 0.254 e. The van der Waals surface area contributed by atoms with Crippen molar-refractivity contribution in [2.45, 2.75) is 57.6 Å². The van der Waals surface area contributed by atoms with Gasteiger partial charge in [-0.2, -0.15) is 0 Å². The van der Waals surface area contributed by atoms with Crippen molar-refractivity contribution in [3.05, 3.63) is 0 Å². The summed E-state index contributed by atoms with van der Waals surface area (Å²) < 4.78 is 5.49. The van der Waals surface area contributed by atoms with E-state index in [4.69, 9.17) is 4.74 Å². The Kier molecular flexibility index (Phi) is 4.85. The third-order valence-corrected chi connectivity index (χ3v) is 4.68. The zero-order valence-electron chi connectivity index (χ0n) is 12.6. The highest BCUT2D eigenvalue weighted by Gasteiger charge is 2.42. The lowest BCUT2D eigenvalue weighted by molar-refractivity contribution is -0.154. The van der Waals surface area contributed by atoms with Gasteiger partial charge in [0.25, 0.3) is 5.91 Å². The van der Waals surface area contributed by atoms with Crippen molar-refractivity contribution in [1.29, 1.82) is 0 Å². The lowest BCUT2D eigenvalue weighted by Crippen LogP contribution is -2.51. The lowest BCUT2D eigenvalue weighted by Gasteiger charge is -2.36. The van der Waals surface area contributed by atoms with Crippen LogP contribution in [0.25, 0.3) is 0 Å². The molecule has 1 amide bonds. The van der Waals surface area contributed by atoms with Crippen molar-refractivity contribution in [1.82, 2.24) is 10.2 Å². The Labute approximate surface area is 116 Å². The van der Waals surface area contributed by atoms with Crippen LogP contribution in [0.3, 0.4) is 0 Å². The van der Waals surface area contributed by atoms with E-state index in [-0.39, 0.29) is 5.91 Å². The Morgan fingerprint density at radius 3 is 2.63 bits per heavy atom. The maximum absolute atomic E-state index is 12.8. The van der Waals surface area contributed by atoms with Crippen LogP contribution < -0.4 is 5.32 Å². The Morgan fingerprint density at radius 1 is 1.42 bits per heavy atom. The highest BCUT2D eigenvalue weighted by molar-refractivity contribution is 5.85. The molecule has 1 saturated carbocycles. The van der Waals surface area contributed by atoms with Gasteiger partial charge in [-0.25, -0.2) is 0 Å². The molecule has 1 aliphatic carbocycles. The Bertz CT molecular complexity index is 305. The maximum atomic E-state index is 12.8. The van der Waals surface area contributed by atoms with Crippen LogP contribution in [0.4, 0.5) is 0 Å². The first kappa shape index (κ1) is 14.8. The fourth-order valence-electron chi connectivity index (χ4n) is 2.83. The fourth-order valence-corrected chi connectivity index (χ4v) is 2.83. The topological polar surface area (TPSA) is 41.6 Å². The van der Waals surface area contributed by atoms with Gasteiger partial charge in [-0.05, 0) is 58.0 Å². The number of nitrogens with one attached hydrogen (secondary N) is 1. The number of methoxy groups -OCH3 is 1. The molecule has 4 heteroatoms. The summed E-state index contributed by atoms with van der Waals surface area (Å²) in [6.45, 7) is 7.01. The summed E-state index contributed by atoms with van der Waals surface area (Å²) in [6, 6.07) is 0.468. The molecule has 110 valence electrons. The van der Waals surface area contributed by atoms with Crippen LogP contribution in [0.5, 0.6) is 0 Å². The van der Waals surface area contributed by atoms with Gasteiger partial charge >= 0.3 is 0 Å². The van der Waals surface area contributed by atoms with Crippen molar-refractivity contribution < 1.29 is 9.53 Å². The van der Waals surface area contributed by atoms with E-state index in [2.05, 4.69) is 10.2 Å². The zero-order valence-corrected chi connectivity index (χ0v) is 12.6. The number of hydrogen-bond acceptors (Lipinski definition) is 3. The molecular weight excluding hydrogens is 240 g/mol. The van der Waals surface area contributed by atoms with Crippen molar-refractivity contribution in [2.75, 3.05) is 26.7 Å². The monoisotopic (exact) mass is 268 g/mol. The van der Waals surface area contributed by atoms with Crippen molar-refractivity contribution >= 4 is 5.91 Å². The molecule has 0 radical (unpaired) electrons. The van der Waals surface area contributed by atoms with Gasteiger partial charge in [-0.3, -0.25) is 4.79 Å². The number of amides is 1. The highest BCUT2D eigenvalue weighted by Crippen LogP contribution is 2.32. The highest BCUT2D eigenvalue weighted by atomic mass is 16.5. The molecule has 2 aliphatic rings. The van der Waals surface area contributed by atoms with Crippen molar-refractivity contribution in [3.63, 3.8) is 0 Å². The second kappa shape index (κ2) is 6.23. The summed E-state index contributed by atoms with van der Waals surface area (Å²) in [5, 5.41) is 3.44. The van der Waals surface area contributed by atoms with Gasteiger partial charge in [-0.15, -0.1) is 0 Å². The van der Waals surface area contributed by atoms with Crippen LogP contribution in [0.15, 0.2) is 0 Å². The van der Waals surface area contributed by atoms with Crippen molar-refractivity contribution in [3.8, 4) is 0 Å². The van der Waals surface area contributed by atoms with Crippen molar-refractivity contribution in [2.24, 2.45) is 5.92 Å². The molecule has 0 aromatic heterocycles. The second-order valence-electron chi connectivity index (χ2n) is 6.19. The normalized spacial score (nSPS) is 26.8. The molecule has 2 rings (SSSR count). The molecule has 2 unspecified atom stereocenters. The second-order valence-corrected chi connectivity index (χ2v) is 6.19. The van der Waals surface area contributed by atoms with Crippen LogP contribution in [0, 0.1) is 5.92 Å². The van der Waals surface area contributed by atoms with Gasteiger partial charge in [0.2, 0.25) is 0 Å². The third kappa shape index (κ3) is 3.48. The molecule has 2 atom stereocenters. The quantitative estimate of drug-likeness (QED) is 0.798. The fraction of sp³-hybridized carbons (Fsp3) is 0.933. The molecule has 4 nitrogen and oxygen atoms in total. The molecule has 0 aromatic rings. The molecule has 1 aliphatic heterocycles. The number of nitrogens with zero attached hydrogens (tertiary/aromatic N) is 1. The van der Waals surface area contributed by atoms with Crippen LogP contribution in [0.1, 0.15) is 46.0 Å². The average molecular weight is 268 g/mol. The van der Waals surface area contributed by atoms with E-state index in [1.165, 1.54) is 12.8 Å². The smallest absolute Gasteiger partial charge is 0.254 e. The van der Waals surface area contributed by atoms with Gasteiger partial charge < -0.3 is 15.0 Å². The van der Waals surface area contributed by atoms with E-state index in [1.807, 2.05) is 13.8 Å². The third-order valence-electron chi connectivity index (χ3n) is 4.68. The zero-order chi connectivity index (χ0) is 13.9. The minimum Gasteiger partial charge on any atom is -0.369 e. The van der Waals surface area contributed by atoms with Crippen LogP contribution >= 0.6 is 0 Å². The minimum atomic E-state index is -0.648. The SMILES string of the molecule is CCC(C)(OC)C(=O)N(CC1CCCNC1)C1CC1. The van der Waals surface area contributed by atoms with E-state index < -0.39 is 5.60 Å². The number of ether oxygens (including phenoxy) is 1. The molecule has 0 aromatic carbocycles. The standard InChI is InChI=1S/C15H28N2O2/c1-4-15(2,19-3)14(18)17(13-7-8-13)11-12-6-5-9-16-10-12/h12-13,16H,4-11H2,1-3H3. The van der Waals surface area contributed by atoms with Gasteiger partial charge in [0.05, 0.1) is 0 Å². The summed E-state index contributed by atoms with van der Waals surface area (Å²) in [6.07, 6.45) is 5.52. The minimum absolute atomic E-state index is 0.186. The summed E-state index contributed by atoms with van der Waals surface area (Å²) in [7, 11) is 1.65. The van der Waals surface area contributed by atoms with Gasteiger partial charge in [-0.1, -0.05) is 6.92 Å². The van der Waals surface area contributed by atoms with Gasteiger partial charge in [0.15, 0.2) is 0 Å². The van der Waals surface area contributed by atoms with Crippen LogP contribution in [0.2, 0.25) is 0 Å². The first-order chi connectivity index (χ1) is 9.10. The van der Waals surface area contributed by atoms with E-state index in [0.717, 1.165) is 38.9 Å². The number of piperidine rings is 1. The molecule has 1 heterocycles. The number of hydrogen-bond donors (Lipinski definition) is 1. The summed E-state index contributed by atoms with van der Waals surface area (Å²) in [5.41, 5.74) is -0.648. The summed E-state index contributed by atoms with van der Waals surface area (Å²) in [4.78, 5) is 14.9. The van der Waals surface area contributed by atoms with E-state index in [0.29, 0.717) is 12.0 Å². The Morgan fingerprint density at radius 2 is 2.16 bits per heavy atom. The molecule has 0 spiro atoms. The number of carbonyl (C=O) groups is 1. The summed E-state index contributed by atoms with van der Waals surface area (Å²) in [5.74, 6) is 0.793. The Hall–Kier alpha value is -0.610. The van der Waals surface area contributed by atoms with Crippen LogP contribution in [-0.4, -0.2) is 49.2 Å². The first-order valence-electron chi connectivity index (χ1n) is 7.67. The Balaban J connectivity index is 2.00. The largest absolute Gasteiger partial charge is 0.369 e. The lowest BCUT2D eigenvalue weighted by atomic mass is 9.96. The average Bonchev–Trinajstić information content (AvgIpc) is 3.29. The van der Waals surface area contributed by atoms with E-state index >= 15 is 0 Å². The van der Waals surface area contributed by atoms with Crippen LogP contribution in [-0.2, 0) is 9.53 Å². The van der Waals surface area contributed by atoms with Gasteiger partial charge in [0, 0.05) is 19.7 Å². The number of rotatable bonds is 6.